The van der Waals surface area contributed by atoms with Gasteiger partial charge in [-0.25, -0.2) is 8.42 Å². The zero-order valence-corrected chi connectivity index (χ0v) is 16.5. The summed E-state index contributed by atoms with van der Waals surface area (Å²) in [7, 11) is -3.94. The number of esters is 1. The summed E-state index contributed by atoms with van der Waals surface area (Å²) in [5.74, 6) is -1.23. The van der Waals surface area contributed by atoms with Crippen LogP contribution in [-0.4, -0.2) is 39.5 Å². The Bertz CT molecular complexity index is 1070. The lowest BCUT2D eigenvalue weighted by molar-refractivity contribution is -0.146. The van der Waals surface area contributed by atoms with Crippen LogP contribution in [0.5, 0.6) is 0 Å². The molecule has 8 nitrogen and oxygen atoms in total. The lowest BCUT2D eigenvalue weighted by atomic mass is 10.1. The highest BCUT2D eigenvalue weighted by atomic mass is 32.2. The molecule has 1 heterocycles. The first-order valence-corrected chi connectivity index (χ1v) is 10.4. The summed E-state index contributed by atoms with van der Waals surface area (Å²) in [5.41, 5.74) is 2.16. The van der Waals surface area contributed by atoms with Crippen molar-refractivity contribution in [3.05, 3.63) is 59.7 Å². The summed E-state index contributed by atoms with van der Waals surface area (Å²) in [6.07, 6.45) is 0.722. The zero-order valence-electron chi connectivity index (χ0n) is 15.7. The maximum absolute atomic E-state index is 12.5. The Morgan fingerprint density at radius 2 is 1.90 bits per heavy atom. The summed E-state index contributed by atoms with van der Waals surface area (Å²) >= 11 is 0. The quantitative estimate of drug-likeness (QED) is 0.715. The predicted molar refractivity (Wildman–Crippen MR) is 104 cm³/mol. The fourth-order valence-electron chi connectivity index (χ4n) is 3.15. The highest BCUT2D eigenvalue weighted by Crippen LogP contribution is 2.31. The second kappa shape index (κ2) is 8.43. The van der Waals surface area contributed by atoms with Crippen LogP contribution >= 0.6 is 0 Å². The molecule has 1 atom stereocenters. The Hall–Kier alpha value is -3.22. The van der Waals surface area contributed by atoms with Crippen LogP contribution in [0, 0.1) is 11.3 Å². The first kappa shape index (κ1) is 20.5. The molecular formula is C20H19N3O5S. The normalized spacial score (nSPS) is 15.4. The number of hydrogen-bond donors (Lipinski definition) is 1. The second-order valence-corrected chi connectivity index (χ2v) is 8.33. The number of fused-ring (bicyclic) bond motifs is 1. The molecule has 0 bridgehead atoms. The number of amides is 1. The van der Waals surface area contributed by atoms with Crippen LogP contribution in [0.25, 0.3) is 0 Å². The zero-order chi connectivity index (χ0) is 21.0. The van der Waals surface area contributed by atoms with Crippen molar-refractivity contribution in [2.45, 2.75) is 24.3 Å². The molecule has 1 amide bonds. The van der Waals surface area contributed by atoms with Crippen LogP contribution in [0.1, 0.15) is 18.1 Å². The van der Waals surface area contributed by atoms with Gasteiger partial charge in [-0.2, -0.15) is 9.98 Å². The summed E-state index contributed by atoms with van der Waals surface area (Å²) in [4.78, 5) is 25.9. The average Bonchev–Trinajstić information content (AvgIpc) is 3.06. The van der Waals surface area contributed by atoms with E-state index in [-0.39, 0.29) is 16.8 Å². The van der Waals surface area contributed by atoms with Crippen molar-refractivity contribution in [2.75, 3.05) is 18.1 Å². The topological polar surface area (TPSA) is 117 Å². The van der Waals surface area contributed by atoms with Crippen molar-refractivity contribution in [1.82, 2.24) is 4.72 Å². The standard InChI is InChI=1S/C20H19N3O5S/c1-14-10-16-4-2-3-5-18(16)23(14)19(24)13-28-20(25)12-22-29(26,27)17-8-6-15(11-21)7-9-17/h2-9,14,22H,10,12-13H2,1H3/t14-/m0/s1. The number of carbonyl (C=O) groups is 2. The average molecular weight is 413 g/mol. The molecule has 29 heavy (non-hydrogen) atoms. The van der Waals surface area contributed by atoms with Gasteiger partial charge in [0.1, 0.15) is 6.54 Å². The molecule has 1 aliphatic heterocycles. The molecule has 1 aliphatic rings. The Labute approximate surface area is 168 Å². The molecule has 0 saturated carbocycles. The Morgan fingerprint density at radius 1 is 1.21 bits per heavy atom. The van der Waals surface area contributed by atoms with Crippen molar-refractivity contribution in [2.24, 2.45) is 0 Å². The van der Waals surface area contributed by atoms with E-state index in [4.69, 9.17) is 10.00 Å². The van der Waals surface area contributed by atoms with Gasteiger partial charge in [-0.05, 0) is 49.2 Å². The largest absolute Gasteiger partial charge is 0.455 e. The van der Waals surface area contributed by atoms with E-state index in [1.165, 1.54) is 24.3 Å². The number of sulfonamides is 1. The van der Waals surface area contributed by atoms with Crippen molar-refractivity contribution >= 4 is 27.6 Å². The molecule has 3 rings (SSSR count). The van der Waals surface area contributed by atoms with Crippen molar-refractivity contribution < 1.29 is 22.7 Å². The molecule has 0 fully saturated rings. The minimum Gasteiger partial charge on any atom is -0.455 e. The van der Waals surface area contributed by atoms with Gasteiger partial charge < -0.3 is 9.64 Å². The molecule has 0 radical (unpaired) electrons. The van der Waals surface area contributed by atoms with Gasteiger partial charge in [0, 0.05) is 11.7 Å². The lowest BCUT2D eigenvalue weighted by Gasteiger charge is -2.22. The van der Waals surface area contributed by atoms with E-state index in [1.807, 2.05) is 37.3 Å². The minimum atomic E-state index is -3.94. The van der Waals surface area contributed by atoms with Crippen LogP contribution in [0.2, 0.25) is 0 Å². The van der Waals surface area contributed by atoms with Gasteiger partial charge in [-0.1, -0.05) is 18.2 Å². The number of ether oxygens (including phenoxy) is 1. The Kier molecular flexibility index (Phi) is 5.96. The van der Waals surface area contributed by atoms with E-state index < -0.39 is 29.1 Å². The monoisotopic (exact) mass is 413 g/mol. The van der Waals surface area contributed by atoms with Crippen LogP contribution in [-0.2, 0) is 30.8 Å². The second-order valence-electron chi connectivity index (χ2n) is 6.57. The molecule has 0 aliphatic carbocycles. The SMILES string of the molecule is C[C@H]1Cc2ccccc2N1C(=O)COC(=O)CNS(=O)(=O)c1ccc(C#N)cc1. The number of hydrogen-bond acceptors (Lipinski definition) is 6. The van der Waals surface area contributed by atoms with E-state index >= 15 is 0 Å². The first-order valence-electron chi connectivity index (χ1n) is 8.87. The molecule has 0 aromatic heterocycles. The molecule has 0 spiro atoms. The maximum Gasteiger partial charge on any atom is 0.321 e. The number of nitriles is 1. The molecule has 2 aromatic carbocycles. The molecule has 0 saturated heterocycles. The van der Waals surface area contributed by atoms with E-state index in [2.05, 4.69) is 4.72 Å². The van der Waals surface area contributed by atoms with Crippen molar-refractivity contribution in [3.63, 3.8) is 0 Å². The number of benzene rings is 2. The van der Waals surface area contributed by atoms with E-state index in [1.54, 1.807) is 4.90 Å². The Morgan fingerprint density at radius 3 is 2.59 bits per heavy atom. The molecule has 1 N–H and O–H groups in total. The lowest BCUT2D eigenvalue weighted by Crippen LogP contribution is -2.39. The minimum absolute atomic E-state index is 0.0477. The molecule has 0 unspecified atom stereocenters. The van der Waals surface area contributed by atoms with Gasteiger partial charge in [-0.3, -0.25) is 9.59 Å². The van der Waals surface area contributed by atoms with Gasteiger partial charge in [0.25, 0.3) is 5.91 Å². The third-order valence-electron chi connectivity index (χ3n) is 4.53. The maximum atomic E-state index is 12.5. The molecule has 2 aromatic rings. The van der Waals surface area contributed by atoms with Crippen LogP contribution in [0.15, 0.2) is 53.4 Å². The first-order chi connectivity index (χ1) is 13.8. The fourth-order valence-corrected chi connectivity index (χ4v) is 4.12. The number of nitrogens with one attached hydrogen (secondary N) is 1. The van der Waals surface area contributed by atoms with Crippen LogP contribution < -0.4 is 9.62 Å². The molecule has 150 valence electrons. The number of rotatable bonds is 6. The van der Waals surface area contributed by atoms with E-state index in [0.717, 1.165) is 17.7 Å². The summed E-state index contributed by atoms with van der Waals surface area (Å²) in [6.45, 7) is 0.823. The Balaban J connectivity index is 1.53. The van der Waals surface area contributed by atoms with Crippen LogP contribution in [0.3, 0.4) is 0 Å². The fraction of sp³-hybridized carbons (Fsp3) is 0.250. The van der Waals surface area contributed by atoms with Crippen molar-refractivity contribution in [3.8, 4) is 6.07 Å². The number of anilines is 1. The van der Waals surface area contributed by atoms with Gasteiger partial charge >= 0.3 is 5.97 Å². The van der Waals surface area contributed by atoms with Crippen molar-refractivity contribution in [1.29, 1.82) is 5.26 Å². The molecular weight excluding hydrogens is 394 g/mol. The van der Waals surface area contributed by atoms with Crippen LogP contribution in [0.4, 0.5) is 5.69 Å². The number of nitrogens with zero attached hydrogens (tertiary/aromatic N) is 2. The van der Waals surface area contributed by atoms with Gasteiger partial charge in [-0.15, -0.1) is 0 Å². The van der Waals surface area contributed by atoms with E-state index in [0.29, 0.717) is 5.56 Å². The van der Waals surface area contributed by atoms with Gasteiger partial charge in [0.2, 0.25) is 10.0 Å². The molecule has 9 heteroatoms. The summed E-state index contributed by atoms with van der Waals surface area (Å²) in [5, 5.41) is 8.75. The third-order valence-corrected chi connectivity index (χ3v) is 5.95. The van der Waals surface area contributed by atoms with Gasteiger partial charge in [0.05, 0.1) is 16.5 Å². The summed E-state index contributed by atoms with van der Waals surface area (Å²) < 4.78 is 31.4. The van der Waals surface area contributed by atoms with Gasteiger partial charge in [0.15, 0.2) is 6.61 Å². The third kappa shape index (κ3) is 4.62. The smallest absolute Gasteiger partial charge is 0.321 e. The highest BCUT2D eigenvalue weighted by Gasteiger charge is 2.31. The predicted octanol–water partition coefficient (Wildman–Crippen LogP) is 1.36. The highest BCUT2D eigenvalue weighted by molar-refractivity contribution is 7.89. The number of carbonyl (C=O) groups excluding carboxylic acids is 2. The number of para-hydroxylation sites is 1. The summed E-state index contributed by atoms with van der Waals surface area (Å²) in [6, 6.07) is 14.6. The van der Waals surface area contributed by atoms with E-state index in [9.17, 15) is 18.0 Å².